The fourth-order valence-corrected chi connectivity index (χ4v) is 2.90. The van der Waals surface area contributed by atoms with Gasteiger partial charge in [-0.2, -0.15) is 0 Å². The van der Waals surface area contributed by atoms with E-state index in [1.54, 1.807) is 6.92 Å². The van der Waals surface area contributed by atoms with Crippen LogP contribution in [0.1, 0.15) is 104 Å². The molecular weight excluding hydrogens is 303 g/mol. The Bertz CT molecular complexity index is 304. The zero-order valence-electron chi connectivity index (χ0n) is 16.0. The van der Waals surface area contributed by atoms with Crippen LogP contribution in [-0.4, -0.2) is 18.2 Å². The number of alkyl halides is 1. The normalized spacial score (nSPS) is 13.5. The second kappa shape index (κ2) is 17.0. The molecule has 0 aliphatic heterocycles. The lowest BCUT2D eigenvalue weighted by Crippen LogP contribution is -2.24. The van der Waals surface area contributed by atoms with Crippen LogP contribution >= 0.6 is 0 Å². The van der Waals surface area contributed by atoms with Gasteiger partial charge in [0.25, 0.3) is 0 Å². The molecule has 0 saturated heterocycles. The summed E-state index contributed by atoms with van der Waals surface area (Å²) in [6.07, 6.45) is 16.5. The number of unbranched alkanes of at least 4 members (excludes halogenated alkanes) is 12. The van der Waals surface area contributed by atoms with Crippen LogP contribution in [0, 0.1) is 0 Å². The molecule has 0 radical (unpaired) electrons. The minimum absolute atomic E-state index is 0.476. The van der Waals surface area contributed by atoms with Gasteiger partial charge < -0.3 is 4.74 Å². The van der Waals surface area contributed by atoms with Gasteiger partial charge in [0.2, 0.25) is 0 Å². The lowest BCUT2D eigenvalue weighted by atomic mass is 10.0. The van der Waals surface area contributed by atoms with Crippen molar-refractivity contribution in [2.45, 2.75) is 116 Å². The van der Waals surface area contributed by atoms with Crippen molar-refractivity contribution in [3.8, 4) is 0 Å². The molecule has 0 spiro atoms. The molecule has 0 aromatic rings. The van der Waals surface area contributed by atoms with E-state index in [1.165, 1.54) is 70.6 Å². The standard InChI is InChI=1S/C21H39FO2/c1-4-6-7-8-9-10-11-12-13-14-15-16-17-18-20(22)19(3)24-21(23)5-2/h5,19-20H,2,4,6-18H2,1,3H3. The van der Waals surface area contributed by atoms with Gasteiger partial charge in [0.15, 0.2) is 0 Å². The number of halogens is 1. The van der Waals surface area contributed by atoms with Gasteiger partial charge in [-0.3, -0.25) is 0 Å². The van der Waals surface area contributed by atoms with Crippen molar-refractivity contribution in [1.82, 2.24) is 0 Å². The van der Waals surface area contributed by atoms with E-state index in [2.05, 4.69) is 13.5 Å². The fourth-order valence-electron chi connectivity index (χ4n) is 2.90. The van der Waals surface area contributed by atoms with Crippen molar-refractivity contribution in [1.29, 1.82) is 0 Å². The Balaban J connectivity index is 3.30. The highest BCUT2D eigenvalue weighted by Gasteiger charge is 2.18. The van der Waals surface area contributed by atoms with Crippen molar-refractivity contribution in [2.75, 3.05) is 0 Å². The summed E-state index contributed by atoms with van der Waals surface area (Å²) in [7, 11) is 0. The molecule has 0 fully saturated rings. The van der Waals surface area contributed by atoms with Crippen LogP contribution in [0.4, 0.5) is 4.39 Å². The van der Waals surface area contributed by atoms with E-state index in [0.717, 1.165) is 18.9 Å². The summed E-state index contributed by atoms with van der Waals surface area (Å²) in [5, 5.41) is 0. The van der Waals surface area contributed by atoms with E-state index in [4.69, 9.17) is 4.74 Å². The highest BCUT2D eigenvalue weighted by Crippen LogP contribution is 2.16. The zero-order chi connectivity index (χ0) is 18.0. The molecule has 0 aromatic carbocycles. The van der Waals surface area contributed by atoms with Gasteiger partial charge >= 0.3 is 5.97 Å². The third-order valence-electron chi connectivity index (χ3n) is 4.56. The summed E-state index contributed by atoms with van der Waals surface area (Å²) in [5.74, 6) is -0.546. The molecule has 0 rings (SSSR count). The average molecular weight is 343 g/mol. The Hall–Kier alpha value is -0.860. The molecule has 142 valence electrons. The topological polar surface area (TPSA) is 26.3 Å². The maximum atomic E-state index is 13.8. The monoisotopic (exact) mass is 342 g/mol. The van der Waals surface area contributed by atoms with Crippen LogP contribution in [0.15, 0.2) is 12.7 Å². The molecule has 24 heavy (non-hydrogen) atoms. The van der Waals surface area contributed by atoms with Gasteiger partial charge in [-0.05, 0) is 13.3 Å². The van der Waals surface area contributed by atoms with Crippen LogP contribution in [0.3, 0.4) is 0 Å². The van der Waals surface area contributed by atoms with E-state index in [9.17, 15) is 9.18 Å². The first-order valence-electron chi connectivity index (χ1n) is 10.1. The molecule has 2 unspecified atom stereocenters. The van der Waals surface area contributed by atoms with E-state index >= 15 is 0 Å². The molecule has 0 N–H and O–H groups in total. The van der Waals surface area contributed by atoms with Gasteiger partial charge in [-0.1, -0.05) is 97.0 Å². The van der Waals surface area contributed by atoms with Crippen molar-refractivity contribution < 1.29 is 13.9 Å². The van der Waals surface area contributed by atoms with Crippen molar-refractivity contribution in [3.63, 3.8) is 0 Å². The number of esters is 1. The molecule has 0 saturated carbocycles. The van der Waals surface area contributed by atoms with Crippen LogP contribution in [0.5, 0.6) is 0 Å². The molecule has 3 heteroatoms. The van der Waals surface area contributed by atoms with Crippen LogP contribution in [0.2, 0.25) is 0 Å². The van der Waals surface area contributed by atoms with E-state index in [0.29, 0.717) is 6.42 Å². The van der Waals surface area contributed by atoms with Gasteiger partial charge in [-0.15, -0.1) is 0 Å². The summed E-state index contributed by atoms with van der Waals surface area (Å²) in [6, 6.07) is 0. The lowest BCUT2D eigenvalue weighted by Gasteiger charge is -2.16. The number of hydrogen-bond donors (Lipinski definition) is 0. The number of carbonyl (C=O) groups excluding carboxylic acids is 1. The Morgan fingerprint density at radius 2 is 1.33 bits per heavy atom. The first-order chi connectivity index (χ1) is 11.6. The maximum absolute atomic E-state index is 13.8. The molecule has 0 heterocycles. The van der Waals surface area contributed by atoms with Gasteiger partial charge in [-0.25, -0.2) is 9.18 Å². The summed E-state index contributed by atoms with van der Waals surface area (Å²) in [6.45, 7) is 7.18. The van der Waals surface area contributed by atoms with E-state index in [-0.39, 0.29) is 0 Å². The predicted molar refractivity (Wildman–Crippen MR) is 101 cm³/mol. The smallest absolute Gasteiger partial charge is 0.330 e. The maximum Gasteiger partial charge on any atom is 0.330 e. The van der Waals surface area contributed by atoms with Crippen LogP contribution < -0.4 is 0 Å². The van der Waals surface area contributed by atoms with E-state index < -0.39 is 18.2 Å². The second-order valence-corrected chi connectivity index (χ2v) is 6.89. The number of ether oxygens (including phenoxy) is 1. The Morgan fingerprint density at radius 3 is 1.75 bits per heavy atom. The molecule has 2 atom stereocenters. The molecule has 2 nitrogen and oxygen atoms in total. The van der Waals surface area contributed by atoms with Crippen molar-refractivity contribution in [3.05, 3.63) is 12.7 Å². The van der Waals surface area contributed by atoms with Crippen molar-refractivity contribution in [2.24, 2.45) is 0 Å². The van der Waals surface area contributed by atoms with E-state index in [1.807, 2.05) is 0 Å². The Labute approximate surface area is 149 Å². The Morgan fingerprint density at radius 1 is 0.917 bits per heavy atom. The zero-order valence-corrected chi connectivity index (χ0v) is 16.0. The van der Waals surface area contributed by atoms with Gasteiger partial charge in [0.1, 0.15) is 12.3 Å². The third kappa shape index (κ3) is 14.7. The largest absolute Gasteiger partial charge is 0.456 e. The van der Waals surface area contributed by atoms with Crippen molar-refractivity contribution >= 4 is 5.97 Å². The number of hydrogen-bond acceptors (Lipinski definition) is 2. The first-order valence-corrected chi connectivity index (χ1v) is 10.1. The second-order valence-electron chi connectivity index (χ2n) is 6.89. The van der Waals surface area contributed by atoms with Gasteiger partial charge in [0, 0.05) is 6.08 Å². The van der Waals surface area contributed by atoms with Crippen LogP contribution in [-0.2, 0) is 9.53 Å². The SMILES string of the molecule is C=CC(=O)OC(C)C(F)CCCCCCCCCCCCCCC. The highest BCUT2D eigenvalue weighted by molar-refractivity contribution is 5.81. The predicted octanol–water partition coefficient (Wildman–Crippen LogP) is 6.92. The number of carbonyl (C=O) groups is 1. The summed E-state index contributed by atoms with van der Waals surface area (Å²) >= 11 is 0. The summed E-state index contributed by atoms with van der Waals surface area (Å²) < 4.78 is 18.7. The molecule has 0 aliphatic carbocycles. The lowest BCUT2D eigenvalue weighted by molar-refractivity contribution is -0.145. The summed E-state index contributed by atoms with van der Waals surface area (Å²) in [4.78, 5) is 11.0. The first kappa shape index (κ1) is 23.1. The Kier molecular flexibility index (Phi) is 16.4. The van der Waals surface area contributed by atoms with Crippen LogP contribution in [0.25, 0.3) is 0 Å². The highest BCUT2D eigenvalue weighted by atomic mass is 19.1. The minimum Gasteiger partial charge on any atom is -0.456 e. The molecule has 0 amide bonds. The number of rotatable bonds is 17. The molecule has 0 bridgehead atoms. The summed E-state index contributed by atoms with van der Waals surface area (Å²) in [5.41, 5.74) is 0. The molecule has 0 aromatic heterocycles. The molecule has 0 aliphatic rings. The quantitative estimate of drug-likeness (QED) is 0.163. The minimum atomic E-state index is -1.07. The fraction of sp³-hybridized carbons (Fsp3) is 0.857. The average Bonchev–Trinajstić information content (AvgIpc) is 2.58. The van der Waals surface area contributed by atoms with Gasteiger partial charge in [0.05, 0.1) is 0 Å². The molecular formula is C21H39FO2. The third-order valence-corrected chi connectivity index (χ3v) is 4.56.